The van der Waals surface area contributed by atoms with Gasteiger partial charge in [-0.05, 0) is 61.9 Å². The van der Waals surface area contributed by atoms with E-state index in [0.29, 0.717) is 30.2 Å². The maximum Gasteiger partial charge on any atom is 0.269 e. The number of carbonyl (C=O) groups is 3. The highest BCUT2D eigenvalue weighted by atomic mass is 16.5. The zero-order valence-corrected chi connectivity index (χ0v) is 18.6. The molecule has 0 aliphatic carbocycles. The molecule has 0 saturated heterocycles. The molecule has 0 radical (unpaired) electrons. The highest BCUT2D eigenvalue weighted by Gasteiger charge is 2.10. The second kappa shape index (κ2) is 13.7. The van der Waals surface area contributed by atoms with Crippen LogP contribution in [0.25, 0.3) is 0 Å². The van der Waals surface area contributed by atoms with E-state index in [4.69, 9.17) is 9.47 Å². The van der Waals surface area contributed by atoms with Gasteiger partial charge in [-0.15, -0.1) is 0 Å². The fraction of sp³-hybridized carbons (Fsp3) is 0.375. The number of carbonyl (C=O) groups excluding carboxylic acids is 3. The van der Waals surface area contributed by atoms with Crippen LogP contribution in [0.4, 0.5) is 5.69 Å². The summed E-state index contributed by atoms with van der Waals surface area (Å²) in [6, 6.07) is 13.7. The Morgan fingerprint density at radius 3 is 2.03 bits per heavy atom. The van der Waals surface area contributed by atoms with E-state index in [1.165, 1.54) is 0 Å². The molecule has 0 aliphatic rings. The van der Waals surface area contributed by atoms with E-state index in [0.717, 1.165) is 25.0 Å². The quantitative estimate of drug-likeness (QED) is 0.343. The number of nitrogens with one attached hydrogen (secondary N) is 3. The molecule has 3 N–H and O–H groups in total. The molecule has 0 saturated carbocycles. The lowest BCUT2D eigenvalue weighted by atomic mass is 10.2. The van der Waals surface area contributed by atoms with Crippen molar-refractivity contribution in [3.8, 4) is 11.5 Å². The van der Waals surface area contributed by atoms with Crippen LogP contribution in [0.15, 0.2) is 48.5 Å². The molecule has 0 spiro atoms. The van der Waals surface area contributed by atoms with E-state index in [1.54, 1.807) is 48.5 Å². The van der Waals surface area contributed by atoms with Crippen LogP contribution in [-0.4, -0.2) is 30.9 Å². The molecule has 2 rings (SSSR count). The summed E-state index contributed by atoms with van der Waals surface area (Å²) in [4.78, 5) is 36.1. The van der Waals surface area contributed by atoms with Gasteiger partial charge >= 0.3 is 0 Å². The monoisotopic (exact) mass is 441 g/mol. The first-order chi connectivity index (χ1) is 15.5. The lowest BCUT2D eigenvalue weighted by Gasteiger charge is -2.09. The Morgan fingerprint density at radius 1 is 0.750 bits per heavy atom. The maximum absolute atomic E-state index is 12.2. The number of hydrazine groups is 1. The van der Waals surface area contributed by atoms with Crippen molar-refractivity contribution >= 4 is 23.4 Å². The lowest BCUT2D eigenvalue weighted by Crippen LogP contribution is -2.41. The molecule has 32 heavy (non-hydrogen) atoms. The molecule has 2 aromatic rings. The van der Waals surface area contributed by atoms with Crippen LogP contribution in [0.1, 0.15) is 56.3 Å². The number of rotatable bonds is 12. The molecule has 0 atom stereocenters. The third-order valence-corrected chi connectivity index (χ3v) is 4.48. The third kappa shape index (κ3) is 9.07. The van der Waals surface area contributed by atoms with E-state index in [-0.39, 0.29) is 18.7 Å². The second-order valence-corrected chi connectivity index (χ2v) is 7.09. The molecule has 0 fully saturated rings. The van der Waals surface area contributed by atoms with Gasteiger partial charge in [0.25, 0.3) is 5.91 Å². The molecular weight excluding hydrogens is 410 g/mol. The number of unbranched alkanes of at least 4 members (excludes halogenated alkanes) is 2. The van der Waals surface area contributed by atoms with Crippen LogP contribution >= 0.6 is 0 Å². The van der Waals surface area contributed by atoms with Crippen molar-refractivity contribution in [1.29, 1.82) is 0 Å². The van der Waals surface area contributed by atoms with Gasteiger partial charge in [-0.3, -0.25) is 25.2 Å². The summed E-state index contributed by atoms with van der Waals surface area (Å²) < 4.78 is 11.0. The number of anilines is 1. The van der Waals surface area contributed by atoms with Crippen molar-refractivity contribution in [2.45, 2.75) is 46.0 Å². The van der Waals surface area contributed by atoms with Gasteiger partial charge in [0.05, 0.1) is 13.2 Å². The normalized spacial score (nSPS) is 10.2. The van der Waals surface area contributed by atoms with E-state index >= 15 is 0 Å². The molecule has 0 aromatic heterocycles. The summed E-state index contributed by atoms with van der Waals surface area (Å²) in [6.45, 7) is 5.23. The molecule has 8 nitrogen and oxygen atoms in total. The van der Waals surface area contributed by atoms with Crippen molar-refractivity contribution in [1.82, 2.24) is 10.9 Å². The molecular formula is C24H31N3O5. The van der Waals surface area contributed by atoms with Gasteiger partial charge in [0, 0.05) is 24.1 Å². The number of benzene rings is 2. The summed E-state index contributed by atoms with van der Waals surface area (Å²) >= 11 is 0. The first kappa shape index (κ1) is 24.7. The van der Waals surface area contributed by atoms with Crippen LogP contribution in [0.2, 0.25) is 0 Å². The molecule has 3 amide bonds. The van der Waals surface area contributed by atoms with Gasteiger partial charge < -0.3 is 14.8 Å². The number of hydrogen-bond acceptors (Lipinski definition) is 5. The Balaban J connectivity index is 1.67. The maximum atomic E-state index is 12.2. The Morgan fingerprint density at radius 2 is 1.38 bits per heavy atom. The van der Waals surface area contributed by atoms with Crippen LogP contribution in [-0.2, 0) is 9.59 Å². The van der Waals surface area contributed by atoms with Crippen molar-refractivity contribution < 1.29 is 23.9 Å². The van der Waals surface area contributed by atoms with Gasteiger partial charge in [0.15, 0.2) is 0 Å². The third-order valence-electron chi connectivity index (χ3n) is 4.48. The minimum absolute atomic E-state index is 0.0149. The number of hydrogen-bond donors (Lipinski definition) is 3. The van der Waals surface area contributed by atoms with E-state index in [2.05, 4.69) is 23.1 Å². The van der Waals surface area contributed by atoms with Crippen LogP contribution < -0.4 is 25.6 Å². The largest absolute Gasteiger partial charge is 0.494 e. The van der Waals surface area contributed by atoms with Crippen molar-refractivity contribution in [3.05, 3.63) is 54.1 Å². The summed E-state index contributed by atoms with van der Waals surface area (Å²) in [7, 11) is 0. The number of ether oxygens (including phenoxy) is 2. The summed E-state index contributed by atoms with van der Waals surface area (Å²) in [6.07, 6.45) is 3.15. The van der Waals surface area contributed by atoms with E-state index in [9.17, 15) is 14.4 Å². The van der Waals surface area contributed by atoms with E-state index < -0.39 is 11.8 Å². The second-order valence-electron chi connectivity index (χ2n) is 7.09. The Kier molecular flexibility index (Phi) is 10.6. The molecule has 2 aromatic carbocycles. The van der Waals surface area contributed by atoms with Crippen molar-refractivity contribution in [2.24, 2.45) is 0 Å². The summed E-state index contributed by atoms with van der Waals surface area (Å²) in [5.41, 5.74) is 5.67. The van der Waals surface area contributed by atoms with Gasteiger partial charge in [-0.1, -0.05) is 19.8 Å². The lowest BCUT2D eigenvalue weighted by molar-refractivity contribution is -0.124. The molecule has 0 aliphatic heterocycles. The number of amides is 3. The predicted octanol–water partition coefficient (Wildman–Crippen LogP) is 3.83. The zero-order chi connectivity index (χ0) is 23.2. The van der Waals surface area contributed by atoms with Gasteiger partial charge in [-0.2, -0.15) is 0 Å². The van der Waals surface area contributed by atoms with Gasteiger partial charge in [0.2, 0.25) is 11.8 Å². The molecule has 0 unspecified atom stereocenters. The van der Waals surface area contributed by atoms with Gasteiger partial charge in [0.1, 0.15) is 11.5 Å². The van der Waals surface area contributed by atoms with Crippen molar-refractivity contribution in [3.63, 3.8) is 0 Å². The highest BCUT2D eigenvalue weighted by Crippen LogP contribution is 2.16. The fourth-order valence-electron chi connectivity index (χ4n) is 2.76. The minimum Gasteiger partial charge on any atom is -0.494 e. The molecule has 8 heteroatoms. The smallest absolute Gasteiger partial charge is 0.269 e. The average molecular weight is 442 g/mol. The Labute approximate surface area is 188 Å². The Bertz CT molecular complexity index is 866. The average Bonchev–Trinajstić information content (AvgIpc) is 2.81. The van der Waals surface area contributed by atoms with Crippen LogP contribution in [0, 0.1) is 0 Å². The molecule has 0 bridgehead atoms. The topological polar surface area (TPSA) is 106 Å². The summed E-state index contributed by atoms with van der Waals surface area (Å²) in [5, 5.41) is 2.71. The predicted molar refractivity (Wildman–Crippen MR) is 123 cm³/mol. The van der Waals surface area contributed by atoms with Gasteiger partial charge in [-0.25, -0.2) is 0 Å². The molecule has 172 valence electrons. The first-order valence-corrected chi connectivity index (χ1v) is 10.9. The van der Waals surface area contributed by atoms with Crippen molar-refractivity contribution in [2.75, 3.05) is 18.5 Å². The SMILES string of the molecule is CCCCCOc1ccc(C(=O)NNC(=O)CCC(=O)Nc2ccc(OCC)cc2)cc1. The highest BCUT2D eigenvalue weighted by molar-refractivity contribution is 5.96. The Hall–Kier alpha value is -3.55. The van der Waals surface area contributed by atoms with E-state index in [1.807, 2.05) is 6.92 Å². The van der Waals surface area contributed by atoms with Crippen LogP contribution in [0.5, 0.6) is 11.5 Å². The first-order valence-electron chi connectivity index (χ1n) is 10.9. The van der Waals surface area contributed by atoms with Crippen LogP contribution in [0.3, 0.4) is 0 Å². The molecule has 0 heterocycles. The zero-order valence-electron chi connectivity index (χ0n) is 18.6. The minimum atomic E-state index is -0.462. The fourth-order valence-corrected chi connectivity index (χ4v) is 2.76. The summed E-state index contributed by atoms with van der Waals surface area (Å²) in [5.74, 6) is 0.200. The standard InChI is InChI=1S/C24H31N3O5/c1-3-5-6-17-32-21-11-7-18(8-12-21)24(30)27-26-23(29)16-15-22(28)25-19-9-13-20(14-10-19)31-4-2/h7-14H,3-6,15-17H2,1-2H3,(H,25,28)(H,26,29)(H,27,30).